The van der Waals surface area contributed by atoms with Gasteiger partial charge in [-0.05, 0) is 17.5 Å². The quantitative estimate of drug-likeness (QED) is 0.626. The number of halogens is 2. The van der Waals surface area contributed by atoms with Crippen molar-refractivity contribution in [1.29, 1.82) is 0 Å². The lowest BCUT2D eigenvalue weighted by molar-refractivity contribution is 0.675. The Labute approximate surface area is 126 Å². The van der Waals surface area contributed by atoms with Gasteiger partial charge in [-0.1, -0.05) is 99.4 Å². The molecule has 0 aliphatic heterocycles. The van der Waals surface area contributed by atoms with Gasteiger partial charge in [0, 0.05) is 4.83 Å². The van der Waals surface area contributed by atoms with Gasteiger partial charge in [-0.2, -0.15) is 0 Å². The van der Waals surface area contributed by atoms with E-state index in [1.54, 1.807) is 0 Å². The molecule has 0 nitrogen and oxygen atoms in total. The van der Waals surface area contributed by atoms with E-state index in [1.807, 2.05) is 0 Å². The fourth-order valence-corrected chi connectivity index (χ4v) is 4.13. The van der Waals surface area contributed by atoms with Gasteiger partial charge in [-0.3, -0.25) is 0 Å². The van der Waals surface area contributed by atoms with Crippen LogP contribution in [0.25, 0.3) is 0 Å². The van der Waals surface area contributed by atoms with Gasteiger partial charge in [-0.25, -0.2) is 0 Å². The maximum atomic E-state index is 3.97. The Balaban J connectivity index is 2.48. The number of benzene rings is 2. The summed E-state index contributed by atoms with van der Waals surface area (Å²) in [5, 5.41) is 0. The molecule has 0 N–H and O–H groups in total. The van der Waals surface area contributed by atoms with Crippen LogP contribution in [0.5, 0.6) is 0 Å². The average molecular weight is 368 g/mol. The Morgan fingerprint density at radius 1 is 0.889 bits per heavy atom. The average Bonchev–Trinajstić information content (AvgIpc) is 2.40. The zero-order valence-corrected chi connectivity index (χ0v) is 13.5. The van der Waals surface area contributed by atoms with Crippen LogP contribution in [0.3, 0.4) is 0 Å². The molecule has 0 spiro atoms. The topological polar surface area (TPSA) is 0 Å². The summed E-state index contributed by atoms with van der Waals surface area (Å²) in [6, 6.07) is 21.2. The third-order valence-corrected chi connectivity index (χ3v) is 4.59. The molecular formula is C16H16Br2. The first-order valence-electron chi connectivity index (χ1n) is 6.07. The number of rotatable bonds is 4. The Morgan fingerprint density at radius 2 is 1.28 bits per heavy atom. The molecule has 0 aliphatic carbocycles. The molecule has 2 rings (SSSR count). The summed E-state index contributed by atoms with van der Waals surface area (Å²) in [4.78, 5) is 0.442. The minimum Gasteiger partial charge on any atom is -0.0893 e. The fraction of sp³-hybridized carbons (Fsp3) is 0.250. The molecule has 0 saturated carbocycles. The van der Waals surface area contributed by atoms with Crippen LogP contribution in [0.4, 0.5) is 0 Å². The van der Waals surface area contributed by atoms with Gasteiger partial charge in [0.15, 0.2) is 0 Å². The summed E-state index contributed by atoms with van der Waals surface area (Å²) in [7, 11) is 0. The maximum absolute atomic E-state index is 3.97. The molecule has 1 atom stereocenters. The Hall–Kier alpha value is -0.600. The van der Waals surface area contributed by atoms with Crippen molar-refractivity contribution in [3.05, 3.63) is 71.8 Å². The van der Waals surface area contributed by atoms with E-state index < -0.39 is 0 Å². The SMILES string of the molecule is CC(Br)CC(Br)(c1ccccc1)c1ccccc1. The third-order valence-electron chi connectivity index (χ3n) is 3.03. The van der Waals surface area contributed by atoms with E-state index in [0.717, 1.165) is 6.42 Å². The van der Waals surface area contributed by atoms with Gasteiger partial charge in [0.1, 0.15) is 0 Å². The van der Waals surface area contributed by atoms with E-state index in [9.17, 15) is 0 Å². The van der Waals surface area contributed by atoms with E-state index in [4.69, 9.17) is 0 Å². The van der Waals surface area contributed by atoms with E-state index >= 15 is 0 Å². The van der Waals surface area contributed by atoms with Crippen molar-refractivity contribution in [3.8, 4) is 0 Å². The fourth-order valence-electron chi connectivity index (χ4n) is 2.19. The predicted molar refractivity (Wildman–Crippen MR) is 85.6 cm³/mol. The molecule has 94 valence electrons. The lowest BCUT2D eigenvalue weighted by Gasteiger charge is -2.30. The minimum atomic E-state index is -0.127. The first-order valence-corrected chi connectivity index (χ1v) is 7.78. The van der Waals surface area contributed by atoms with Crippen LogP contribution >= 0.6 is 31.9 Å². The summed E-state index contributed by atoms with van der Waals surface area (Å²) >= 11 is 7.65. The molecule has 2 heteroatoms. The highest BCUT2D eigenvalue weighted by atomic mass is 79.9. The predicted octanol–water partition coefficient (Wildman–Crippen LogP) is 5.50. The summed E-state index contributed by atoms with van der Waals surface area (Å²) in [6.45, 7) is 2.18. The number of alkyl halides is 2. The maximum Gasteiger partial charge on any atom is 0.0765 e. The van der Waals surface area contributed by atoms with Crippen LogP contribution in [0, 0.1) is 0 Å². The normalized spacial score (nSPS) is 13.3. The summed E-state index contributed by atoms with van der Waals surface area (Å²) in [5.74, 6) is 0. The Bertz CT molecular complexity index is 437. The van der Waals surface area contributed by atoms with Crippen LogP contribution in [0.1, 0.15) is 24.5 Å². The molecule has 18 heavy (non-hydrogen) atoms. The molecule has 0 fully saturated rings. The highest BCUT2D eigenvalue weighted by molar-refractivity contribution is 9.10. The zero-order chi connectivity index (χ0) is 13.0. The number of hydrogen-bond acceptors (Lipinski definition) is 0. The second-order valence-corrected chi connectivity index (χ2v) is 7.43. The van der Waals surface area contributed by atoms with Gasteiger partial charge in [0.2, 0.25) is 0 Å². The van der Waals surface area contributed by atoms with Crippen LogP contribution in [-0.2, 0) is 4.32 Å². The second kappa shape index (κ2) is 6.03. The highest BCUT2D eigenvalue weighted by Crippen LogP contribution is 2.43. The standard InChI is InChI=1S/C16H16Br2/c1-13(17)12-16(18,14-8-4-2-5-9-14)15-10-6-3-7-11-15/h2-11,13H,12H2,1H3. The molecule has 0 saturated heterocycles. The first-order chi connectivity index (χ1) is 8.63. The molecule has 0 heterocycles. The van der Waals surface area contributed by atoms with Crippen molar-refractivity contribution in [2.45, 2.75) is 22.5 Å². The molecule has 2 aromatic rings. The largest absolute Gasteiger partial charge is 0.0893 e. The van der Waals surface area contributed by atoms with Gasteiger partial charge < -0.3 is 0 Å². The van der Waals surface area contributed by atoms with Crippen LogP contribution in [0.15, 0.2) is 60.7 Å². The zero-order valence-electron chi connectivity index (χ0n) is 10.3. The van der Waals surface area contributed by atoms with Crippen molar-refractivity contribution in [2.24, 2.45) is 0 Å². The molecule has 0 aliphatic rings. The molecule has 0 bridgehead atoms. The molecule has 1 unspecified atom stereocenters. The molecular weight excluding hydrogens is 352 g/mol. The van der Waals surface area contributed by atoms with E-state index in [0.29, 0.717) is 4.83 Å². The Kier molecular flexibility index (Phi) is 4.63. The van der Waals surface area contributed by atoms with E-state index in [1.165, 1.54) is 11.1 Å². The van der Waals surface area contributed by atoms with Crippen molar-refractivity contribution in [2.75, 3.05) is 0 Å². The first kappa shape index (κ1) is 13.8. The minimum absolute atomic E-state index is 0.127. The van der Waals surface area contributed by atoms with Crippen LogP contribution in [0.2, 0.25) is 0 Å². The number of hydrogen-bond donors (Lipinski definition) is 0. The lowest BCUT2D eigenvalue weighted by Crippen LogP contribution is -2.23. The van der Waals surface area contributed by atoms with Crippen molar-refractivity contribution < 1.29 is 0 Å². The smallest absolute Gasteiger partial charge is 0.0765 e. The summed E-state index contributed by atoms with van der Waals surface area (Å²) < 4.78 is -0.127. The van der Waals surface area contributed by atoms with Crippen LogP contribution in [-0.4, -0.2) is 4.83 Å². The van der Waals surface area contributed by atoms with Gasteiger partial charge >= 0.3 is 0 Å². The summed E-state index contributed by atoms with van der Waals surface area (Å²) in [6.07, 6.45) is 1.00. The van der Waals surface area contributed by atoms with Crippen molar-refractivity contribution in [1.82, 2.24) is 0 Å². The van der Waals surface area contributed by atoms with Crippen molar-refractivity contribution in [3.63, 3.8) is 0 Å². The lowest BCUT2D eigenvalue weighted by atomic mass is 9.87. The molecule has 2 aromatic carbocycles. The Morgan fingerprint density at radius 3 is 1.61 bits per heavy atom. The van der Waals surface area contributed by atoms with Crippen LogP contribution < -0.4 is 0 Å². The molecule has 0 radical (unpaired) electrons. The van der Waals surface area contributed by atoms with E-state index in [-0.39, 0.29) is 4.32 Å². The van der Waals surface area contributed by atoms with Crippen molar-refractivity contribution >= 4 is 31.9 Å². The van der Waals surface area contributed by atoms with Gasteiger partial charge in [-0.15, -0.1) is 0 Å². The summed E-state index contributed by atoms with van der Waals surface area (Å²) in [5.41, 5.74) is 2.59. The second-order valence-electron chi connectivity index (χ2n) is 4.52. The molecule has 0 amide bonds. The highest BCUT2D eigenvalue weighted by Gasteiger charge is 2.32. The molecule has 0 aromatic heterocycles. The van der Waals surface area contributed by atoms with Gasteiger partial charge in [0.05, 0.1) is 4.32 Å². The van der Waals surface area contributed by atoms with E-state index in [2.05, 4.69) is 99.4 Å². The third kappa shape index (κ3) is 3.04. The van der Waals surface area contributed by atoms with Gasteiger partial charge in [0.25, 0.3) is 0 Å². The monoisotopic (exact) mass is 366 g/mol.